The normalized spacial score (nSPS) is 16.6. The lowest BCUT2D eigenvalue weighted by Crippen LogP contribution is -2.37. The van der Waals surface area contributed by atoms with E-state index >= 15 is 0 Å². The molecule has 5 aromatic heterocycles. The molecule has 0 saturated heterocycles. The van der Waals surface area contributed by atoms with Crippen molar-refractivity contribution < 1.29 is 22.8 Å². The van der Waals surface area contributed by atoms with Gasteiger partial charge in [0.1, 0.15) is 66.1 Å². The maximum Gasteiger partial charge on any atom is 0.220 e. The molecule has 0 unspecified atom stereocenters. The Morgan fingerprint density at radius 2 is 0.631 bits per heavy atom. The number of aromatic nitrogens is 5. The Morgan fingerprint density at radius 1 is 0.254 bits per heavy atom. The molecule has 15 nitrogen and oxygen atoms in total. The van der Waals surface area contributed by atoms with Gasteiger partial charge in [-0.2, -0.15) is 4.57 Å². The van der Waals surface area contributed by atoms with E-state index < -0.39 is 0 Å². The topological polar surface area (TPSA) is 51.8 Å². The fraction of sp³-hybridized carbons (Fsp3) is 0.226. The van der Waals surface area contributed by atoms with E-state index in [2.05, 4.69) is 572 Å². The number of anilines is 7. The molecule has 15 aromatic rings. The van der Waals surface area contributed by atoms with E-state index in [1.807, 2.05) is 0 Å². The Bertz CT molecular complexity index is 6750. The molecule has 0 amide bonds. The van der Waals surface area contributed by atoms with Gasteiger partial charge in [0, 0.05) is 182 Å². The van der Waals surface area contributed by atoms with E-state index in [-0.39, 0.29) is 12.3 Å². The van der Waals surface area contributed by atoms with Crippen LogP contribution in [0.5, 0.6) is 0 Å². The zero-order valence-corrected chi connectivity index (χ0v) is 79.6. The fourth-order valence-corrected chi connectivity index (χ4v) is 19.1. The van der Waals surface area contributed by atoms with Crippen LogP contribution < -0.4 is 57.1 Å². The van der Waals surface area contributed by atoms with Gasteiger partial charge in [0.25, 0.3) is 0 Å². The Labute approximate surface area is 771 Å². The number of para-hydroxylation sites is 2. The molecule has 10 aromatic carbocycles. The van der Waals surface area contributed by atoms with E-state index in [1.165, 1.54) is 173 Å². The molecule has 0 N–H and O–H groups in total. The monoisotopic (exact) mass is 1720 g/mol. The molecular formula is C115H126N15+5. The zero-order chi connectivity index (χ0) is 91.5. The van der Waals surface area contributed by atoms with Crippen molar-refractivity contribution in [2.75, 3.05) is 55.4 Å². The highest BCUT2D eigenvalue weighted by Gasteiger charge is 2.33. The van der Waals surface area contributed by atoms with Crippen LogP contribution in [0.4, 0.5) is 39.8 Å². The highest BCUT2D eigenvalue weighted by molar-refractivity contribution is 5.95. The van der Waals surface area contributed by atoms with Crippen LogP contribution >= 0.6 is 0 Å². The van der Waals surface area contributed by atoms with Crippen molar-refractivity contribution in [2.24, 2.45) is 35.2 Å². The van der Waals surface area contributed by atoms with E-state index in [0.29, 0.717) is 18.5 Å². The standard InChI is InChI=1S/C25H28N3.C24H26N3.3C22H24N3/c1-18-10-8-11-19(2)25(18)28-17-16-27(21(28)4)23-14-9-12-22(20(23)3)24-13-6-7-15-26(24)5;1-18-11-13-21(14-12-18)26-16-17-27(20(26)3)23-10-7-8-22(19(23)2)24-9-5-6-15-25(24)4;1-16-19(9-7-11-20(16)25-15-14-23(3)17(25)2)22-13-12-18-8-5-6-10-21(18)24(22)4;1-16-20(10-7-11-21(16)25-13-12-23(3)17(25)2)22-14-18-8-5-6-9-19(18)15-24(22)4;1-16-19(10-7-11-21(16)25-15-14-23(3)17(25)2)22-20-9-6-5-8-18(20)12-13-24(22)4/h6-17,21H,1-5H3;5-17,20H,1-4H3;3*5-15,17H,1-4H3/q5*+1/t21-;20-;3*17-/m10000/s1. The van der Waals surface area contributed by atoms with Gasteiger partial charge in [0.15, 0.2) is 24.8 Å². The number of nitrogens with zero attached hydrogens (tertiary/aromatic N) is 15. The molecule has 5 atom stereocenters. The van der Waals surface area contributed by atoms with Crippen LogP contribution in [0, 0.1) is 55.4 Å². The number of fused-ring (bicyclic) bond motifs is 3. The molecular weight excluding hydrogens is 1590 g/mol. The number of hydrogen-bond acceptors (Lipinski definition) is 10. The summed E-state index contributed by atoms with van der Waals surface area (Å²) >= 11 is 0. The fourth-order valence-electron chi connectivity index (χ4n) is 19.1. The molecule has 15 heteroatoms. The molecule has 0 bridgehead atoms. The van der Waals surface area contributed by atoms with Crippen molar-refractivity contribution in [2.45, 2.75) is 121 Å². The van der Waals surface area contributed by atoms with Crippen molar-refractivity contribution in [1.82, 2.24) is 14.7 Å². The Balaban J connectivity index is 0.000000119. The number of aryl methyl sites for hydroxylation is 8. The quantitative estimate of drug-likeness (QED) is 0.111. The molecule has 0 aliphatic carbocycles. The summed E-state index contributed by atoms with van der Waals surface area (Å²) < 4.78 is 11.1. The van der Waals surface area contributed by atoms with Crippen LogP contribution in [-0.2, 0) is 35.2 Å². The summed E-state index contributed by atoms with van der Waals surface area (Å²) in [5.74, 6) is 0. The van der Waals surface area contributed by atoms with E-state index in [9.17, 15) is 0 Å². The summed E-state index contributed by atoms with van der Waals surface area (Å²) in [6, 6.07) is 95.4. The van der Waals surface area contributed by atoms with Crippen LogP contribution in [-0.4, -0.2) is 66.7 Å². The first kappa shape index (κ1) is 88.8. The van der Waals surface area contributed by atoms with Crippen molar-refractivity contribution >= 4 is 72.3 Å². The van der Waals surface area contributed by atoms with E-state index in [1.54, 1.807) is 0 Å². The summed E-state index contributed by atoms with van der Waals surface area (Å²) in [7, 11) is 16.9. The average molecular weight is 1720 g/mol. The number of benzene rings is 10. The first-order valence-electron chi connectivity index (χ1n) is 45.5. The lowest BCUT2D eigenvalue weighted by Gasteiger charge is -2.32. The van der Waals surface area contributed by atoms with Gasteiger partial charge in [-0.25, -0.2) is 18.3 Å². The molecule has 130 heavy (non-hydrogen) atoms. The minimum absolute atomic E-state index is 0.221. The van der Waals surface area contributed by atoms with Gasteiger partial charge >= 0.3 is 0 Å². The third-order valence-electron chi connectivity index (χ3n) is 27.3. The third-order valence-corrected chi connectivity index (χ3v) is 27.3. The second-order valence-electron chi connectivity index (χ2n) is 35.3. The summed E-state index contributed by atoms with van der Waals surface area (Å²) in [6.07, 6.45) is 31.6. The predicted molar refractivity (Wildman–Crippen MR) is 542 cm³/mol. The minimum Gasteiger partial charge on any atom is -0.359 e. The third kappa shape index (κ3) is 17.6. The van der Waals surface area contributed by atoms with Gasteiger partial charge in [0.05, 0.1) is 33.2 Å². The van der Waals surface area contributed by atoms with Gasteiger partial charge in [-0.1, -0.05) is 115 Å². The first-order chi connectivity index (χ1) is 62.8. The molecule has 0 spiro atoms. The Hall–Kier alpha value is -14.6. The molecule has 0 radical (unpaired) electrons. The van der Waals surface area contributed by atoms with Crippen LogP contribution in [0.15, 0.2) is 354 Å². The van der Waals surface area contributed by atoms with Crippen molar-refractivity contribution in [3.8, 4) is 56.3 Å². The van der Waals surface area contributed by atoms with E-state index in [4.69, 9.17) is 0 Å². The minimum atomic E-state index is 0.221. The highest BCUT2D eigenvalue weighted by atomic mass is 15.4. The lowest BCUT2D eigenvalue weighted by atomic mass is 9.98. The van der Waals surface area contributed by atoms with Crippen LogP contribution in [0.3, 0.4) is 0 Å². The van der Waals surface area contributed by atoms with Gasteiger partial charge in [-0.05, 0) is 249 Å². The number of hydrogen-bond donors (Lipinski definition) is 0. The Morgan fingerprint density at radius 3 is 1.11 bits per heavy atom. The number of pyridine rings is 5. The maximum absolute atomic E-state index is 2.37. The van der Waals surface area contributed by atoms with Gasteiger partial charge in [-0.15, -0.1) is 0 Å². The molecule has 656 valence electrons. The zero-order valence-electron chi connectivity index (χ0n) is 79.6. The van der Waals surface area contributed by atoms with Gasteiger partial charge < -0.3 is 49.0 Å². The SMILES string of the molecule is Cc1c(-c2c3ccccc3cc[n+]2C)cccc1N1C=CN(C)[C@@H]1C.Cc1c(-c2cc3ccccc3c[n+]2C)cccc1N1C=CN(C)[C@@H]1C.Cc1c(-c2ccc3ccccc3[n+]2C)cccc1N1C=CN(C)[C@@H]1C.Cc1ccc(N2C=CN(c3cccc(-c4cccc[n+]4C)c3C)[C@H]2C)cc1.Cc1cccc(C)c1N1C=CN(c2cccc(-c3cccc[n+]3C)c2C)[C@H]1C. The molecule has 0 fully saturated rings. The van der Waals surface area contributed by atoms with Crippen LogP contribution in [0.2, 0.25) is 0 Å². The first-order valence-corrected chi connectivity index (χ1v) is 45.5. The predicted octanol–water partition coefficient (Wildman–Crippen LogP) is 22.8. The molecule has 5 aliphatic heterocycles. The summed E-state index contributed by atoms with van der Waals surface area (Å²) in [6.45, 7) is 28.8. The van der Waals surface area contributed by atoms with Crippen molar-refractivity contribution in [1.29, 1.82) is 0 Å². The van der Waals surface area contributed by atoms with Crippen LogP contribution in [0.25, 0.3) is 88.7 Å². The largest absolute Gasteiger partial charge is 0.359 e. The highest BCUT2D eigenvalue weighted by Crippen LogP contribution is 2.42. The van der Waals surface area contributed by atoms with Crippen molar-refractivity contribution in [3.63, 3.8) is 0 Å². The molecule has 20 rings (SSSR count). The second-order valence-corrected chi connectivity index (χ2v) is 35.3. The summed E-state index contributed by atoms with van der Waals surface area (Å²) in [5.41, 5.74) is 33.0. The summed E-state index contributed by atoms with van der Waals surface area (Å²) in [4.78, 5) is 23.1. The second kappa shape index (κ2) is 38.2. The molecule has 10 heterocycles. The van der Waals surface area contributed by atoms with Gasteiger partial charge in [-0.3, -0.25) is 0 Å². The van der Waals surface area contributed by atoms with Crippen LogP contribution in [0.1, 0.15) is 79.1 Å². The van der Waals surface area contributed by atoms with Gasteiger partial charge in [0.2, 0.25) is 34.0 Å². The smallest absolute Gasteiger partial charge is 0.220 e. The van der Waals surface area contributed by atoms with Crippen molar-refractivity contribution in [3.05, 3.63) is 398 Å². The number of rotatable bonds is 12. The average Bonchev–Trinajstić information content (AvgIpc) is 0.826. The van der Waals surface area contributed by atoms with E-state index in [0.717, 1.165) is 0 Å². The lowest BCUT2D eigenvalue weighted by molar-refractivity contribution is -0.660. The summed E-state index contributed by atoms with van der Waals surface area (Å²) in [5, 5.41) is 6.36. The molecule has 0 saturated carbocycles. The maximum atomic E-state index is 2.37. The Kier molecular flexibility index (Phi) is 26.1. The molecule has 5 aliphatic rings.